The molecule has 0 amide bonds. The number of benzene rings is 1. The van der Waals surface area contributed by atoms with E-state index in [2.05, 4.69) is 0 Å². The fourth-order valence-electron chi connectivity index (χ4n) is 2.45. The van der Waals surface area contributed by atoms with Crippen LogP contribution in [0.5, 0.6) is 0 Å². The van der Waals surface area contributed by atoms with Crippen LogP contribution in [0, 0.1) is 11.7 Å². The Morgan fingerprint density at radius 3 is 2.67 bits per heavy atom. The minimum atomic E-state index is -0.361. The minimum Gasteiger partial charge on any atom is -0.328 e. The third-order valence-electron chi connectivity index (χ3n) is 3.60. The molecule has 1 aliphatic carbocycles. The topological polar surface area (TPSA) is 43.1 Å². The van der Waals surface area contributed by atoms with Crippen LogP contribution in [0.15, 0.2) is 18.2 Å². The molecule has 1 fully saturated rings. The van der Waals surface area contributed by atoms with Gasteiger partial charge < -0.3 is 5.73 Å². The molecular weight excluding hydrogens is 253 g/mol. The molecule has 0 atom stereocenters. The van der Waals surface area contributed by atoms with Crippen molar-refractivity contribution in [2.24, 2.45) is 11.7 Å². The summed E-state index contributed by atoms with van der Waals surface area (Å²) in [6.07, 6.45) is 3.54. The van der Waals surface area contributed by atoms with Crippen LogP contribution in [-0.2, 0) is 11.2 Å². The number of Topliss-reactive ketones (excluding diaryl/α,β-unsaturated/α-hetero) is 1. The van der Waals surface area contributed by atoms with E-state index < -0.39 is 0 Å². The fraction of sp³-hybridized carbons (Fsp3) is 0.500. The Kier molecular flexibility index (Phi) is 4.36. The van der Waals surface area contributed by atoms with Crippen molar-refractivity contribution >= 4 is 17.4 Å². The highest BCUT2D eigenvalue weighted by molar-refractivity contribution is 6.30. The van der Waals surface area contributed by atoms with Crippen molar-refractivity contribution in [3.8, 4) is 0 Å². The highest BCUT2D eigenvalue weighted by atomic mass is 35.5. The van der Waals surface area contributed by atoms with Crippen molar-refractivity contribution in [3.05, 3.63) is 34.6 Å². The Bertz CT molecular complexity index is 441. The van der Waals surface area contributed by atoms with E-state index in [9.17, 15) is 9.18 Å². The average Bonchev–Trinajstić information content (AvgIpc) is 2.34. The van der Waals surface area contributed by atoms with Gasteiger partial charge in [0, 0.05) is 23.4 Å². The molecule has 2 nitrogen and oxygen atoms in total. The van der Waals surface area contributed by atoms with Crippen LogP contribution in [-0.4, -0.2) is 11.8 Å². The van der Waals surface area contributed by atoms with Crippen molar-refractivity contribution in [3.63, 3.8) is 0 Å². The molecule has 4 heteroatoms. The Morgan fingerprint density at radius 1 is 1.33 bits per heavy atom. The molecular formula is C14H17ClFNO. The molecule has 0 radical (unpaired) electrons. The number of nitrogens with two attached hydrogens (primary N) is 1. The van der Waals surface area contributed by atoms with Crippen LogP contribution in [0.1, 0.15) is 31.2 Å². The Hall–Kier alpha value is -0.930. The lowest BCUT2D eigenvalue weighted by Gasteiger charge is -2.25. The van der Waals surface area contributed by atoms with Gasteiger partial charge in [0.25, 0.3) is 0 Å². The second kappa shape index (κ2) is 5.81. The lowest BCUT2D eigenvalue weighted by molar-refractivity contribution is -0.123. The maximum absolute atomic E-state index is 13.5. The first-order chi connectivity index (χ1) is 8.56. The van der Waals surface area contributed by atoms with Gasteiger partial charge >= 0.3 is 0 Å². The number of ketones is 1. The second-order valence-electron chi connectivity index (χ2n) is 4.99. The summed E-state index contributed by atoms with van der Waals surface area (Å²) in [5, 5.41) is 0.463. The molecule has 0 aromatic heterocycles. The minimum absolute atomic E-state index is 0.0307. The molecule has 0 heterocycles. The van der Waals surface area contributed by atoms with Crippen LogP contribution < -0.4 is 5.73 Å². The molecule has 0 bridgehead atoms. The molecule has 0 unspecified atom stereocenters. The summed E-state index contributed by atoms with van der Waals surface area (Å²) in [4.78, 5) is 12.1. The normalized spacial score (nSPS) is 23.9. The number of halogens is 2. The molecule has 2 N–H and O–H groups in total. The van der Waals surface area contributed by atoms with E-state index in [4.69, 9.17) is 17.3 Å². The van der Waals surface area contributed by atoms with Gasteiger partial charge in [0.05, 0.1) is 0 Å². The molecule has 1 aliphatic rings. The van der Waals surface area contributed by atoms with Gasteiger partial charge in [-0.3, -0.25) is 4.79 Å². The van der Waals surface area contributed by atoms with E-state index in [-0.39, 0.29) is 30.0 Å². The number of hydrogen-bond donors (Lipinski definition) is 1. The highest BCUT2D eigenvalue weighted by Gasteiger charge is 2.25. The predicted molar refractivity (Wildman–Crippen MR) is 70.1 cm³/mol. The van der Waals surface area contributed by atoms with Crippen molar-refractivity contribution in [1.29, 1.82) is 0 Å². The van der Waals surface area contributed by atoms with Crippen molar-refractivity contribution < 1.29 is 9.18 Å². The Labute approximate surface area is 111 Å². The van der Waals surface area contributed by atoms with E-state index >= 15 is 0 Å². The number of carbonyl (C=O) groups excluding carboxylic acids is 1. The summed E-state index contributed by atoms with van der Waals surface area (Å²) >= 11 is 5.81. The lowest BCUT2D eigenvalue weighted by Crippen LogP contribution is -2.30. The first-order valence-corrected chi connectivity index (χ1v) is 6.66. The number of hydrogen-bond acceptors (Lipinski definition) is 2. The van der Waals surface area contributed by atoms with Crippen molar-refractivity contribution in [2.75, 3.05) is 0 Å². The summed E-state index contributed by atoms with van der Waals surface area (Å²) in [5.74, 6) is -0.230. The molecule has 1 aromatic carbocycles. The highest BCUT2D eigenvalue weighted by Crippen LogP contribution is 2.26. The molecule has 1 aromatic rings. The summed E-state index contributed by atoms with van der Waals surface area (Å²) in [5.41, 5.74) is 6.20. The fourth-order valence-corrected chi connectivity index (χ4v) is 2.65. The zero-order valence-corrected chi connectivity index (χ0v) is 10.9. The SMILES string of the molecule is NC1CCC(C(=O)Cc2cc(Cl)ccc2F)CC1. The maximum Gasteiger partial charge on any atom is 0.140 e. The van der Waals surface area contributed by atoms with Crippen molar-refractivity contribution in [2.45, 2.75) is 38.1 Å². The first-order valence-electron chi connectivity index (χ1n) is 6.28. The van der Waals surface area contributed by atoms with Gasteiger partial charge in [-0.15, -0.1) is 0 Å². The number of carbonyl (C=O) groups is 1. The lowest BCUT2D eigenvalue weighted by atomic mass is 9.82. The van der Waals surface area contributed by atoms with E-state index in [1.165, 1.54) is 18.2 Å². The van der Waals surface area contributed by atoms with Gasteiger partial charge in [0.15, 0.2) is 0 Å². The molecule has 0 saturated heterocycles. The van der Waals surface area contributed by atoms with E-state index in [0.717, 1.165) is 25.7 Å². The number of rotatable bonds is 3. The predicted octanol–water partition coefficient (Wildman–Crippen LogP) is 3.11. The van der Waals surface area contributed by atoms with Gasteiger partial charge in [-0.25, -0.2) is 4.39 Å². The maximum atomic E-state index is 13.5. The smallest absolute Gasteiger partial charge is 0.140 e. The summed E-state index contributed by atoms with van der Waals surface area (Å²) in [6, 6.07) is 4.55. The van der Waals surface area contributed by atoms with Gasteiger partial charge in [-0.1, -0.05) is 11.6 Å². The quantitative estimate of drug-likeness (QED) is 0.916. The zero-order chi connectivity index (χ0) is 13.1. The average molecular weight is 270 g/mol. The van der Waals surface area contributed by atoms with Crippen LogP contribution in [0.2, 0.25) is 5.02 Å². The first kappa shape index (κ1) is 13.5. The van der Waals surface area contributed by atoms with E-state index in [1.54, 1.807) is 0 Å². The molecule has 0 aliphatic heterocycles. The largest absolute Gasteiger partial charge is 0.328 e. The third-order valence-corrected chi connectivity index (χ3v) is 3.83. The molecule has 98 valence electrons. The monoisotopic (exact) mass is 269 g/mol. The van der Waals surface area contributed by atoms with Crippen LogP contribution in [0.3, 0.4) is 0 Å². The van der Waals surface area contributed by atoms with Gasteiger partial charge in [0.2, 0.25) is 0 Å². The Morgan fingerprint density at radius 2 is 2.00 bits per heavy atom. The second-order valence-corrected chi connectivity index (χ2v) is 5.43. The molecule has 18 heavy (non-hydrogen) atoms. The van der Waals surface area contributed by atoms with E-state index in [0.29, 0.717) is 10.6 Å². The molecule has 1 saturated carbocycles. The molecule has 2 rings (SSSR count). The summed E-state index contributed by atoms with van der Waals surface area (Å²) in [7, 11) is 0. The third kappa shape index (κ3) is 3.30. The van der Waals surface area contributed by atoms with Gasteiger partial charge in [-0.05, 0) is 49.4 Å². The zero-order valence-electron chi connectivity index (χ0n) is 10.2. The van der Waals surface area contributed by atoms with Crippen LogP contribution >= 0.6 is 11.6 Å². The Balaban J connectivity index is 2.00. The van der Waals surface area contributed by atoms with Gasteiger partial charge in [-0.2, -0.15) is 0 Å². The van der Waals surface area contributed by atoms with Crippen LogP contribution in [0.4, 0.5) is 4.39 Å². The standard InChI is InChI=1S/C14H17ClFNO/c15-11-3-6-13(16)10(7-11)8-14(18)9-1-4-12(17)5-2-9/h3,6-7,9,12H,1-2,4-5,8,17H2. The van der Waals surface area contributed by atoms with Crippen molar-refractivity contribution in [1.82, 2.24) is 0 Å². The van der Waals surface area contributed by atoms with E-state index in [1.807, 2.05) is 0 Å². The summed E-state index contributed by atoms with van der Waals surface area (Å²) in [6.45, 7) is 0. The van der Waals surface area contributed by atoms with Gasteiger partial charge in [0.1, 0.15) is 11.6 Å². The summed E-state index contributed by atoms with van der Waals surface area (Å²) < 4.78 is 13.5. The molecule has 0 spiro atoms. The van der Waals surface area contributed by atoms with Crippen LogP contribution in [0.25, 0.3) is 0 Å².